The van der Waals surface area contributed by atoms with Crippen LogP contribution in [0.1, 0.15) is 54.6 Å². The molecule has 1 heterocycles. The number of hydrogen-bond donors (Lipinski definition) is 0. The van der Waals surface area contributed by atoms with E-state index in [1.165, 1.54) is 12.6 Å². The predicted molar refractivity (Wildman–Crippen MR) is 131 cm³/mol. The predicted octanol–water partition coefficient (Wildman–Crippen LogP) is 8.44. The molecule has 0 radical (unpaired) electrons. The summed E-state index contributed by atoms with van der Waals surface area (Å²) >= 11 is 0. The Labute approximate surface area is 191 Å². The van der Waals surface area contributed by atoms with Crippen LogP contribution in [0.5, 0.6) is 0 Å². The number of hydrogen-bond acceptors (Lipinski definition) is 1. The lowest BCUT2D eigenvalue weighted by atomic mass is 9.83. The first-order chi connectivity index (χ1) is 16.8. The highest BCUT2D eigenvalue weighted by atomic mass is 14.7. The lowest BCUT2D eigenvalue weighted by Crippen LogP contribution is -2.04. The molecule has 4 aromatic rings. The standard InChI is InChI=1S/C30H29N/c1-22-21-31-30(28-10-6-3-7-11-28)20-29(22)27-18-16-26(17-19-27)25-14-12-24(13-15-25)23-8-4-2-5-9-23/h3,6-7,10-21,23H,2,4-5,8-9H2,1H3/i1D3,23D. The minimum atomic E-state index is -2.25. The van der Waals surface area contributed by atoms with Crippen molar-refractivity contribution in [3.05, 3.63) is 102 Å². The molecule has 0 unspecified atom stereocenters. The van der Waals surface area contributed by atoms with Crippen LogP contribution in [0, 0.1) is 6.85 Å². The van der Waals surface area contributed by atoms with Gasteiger partial charge in [-0.05, 0) is 65.0 Å². The first-order valence-corrected chi connectivity index (χ1v) is 11.1. The molecule has 0 saturated heterocycles. The van der Waals surface area contributed by atoms with Gasteiger partial charge in [0.2, 0.25) is 0 Å². The Morgan fingerprint density at radius 3 is 2.06 bits per heavy atom. The molecule has 0 aliphatic heterocycles. The van der Waals surface area contributed by atoms with Gasteiger partial charge in [0.25, 0.3) is 0 Å². The molecule has 3 aromatic carbocycles. The van der Waals surface area contributed by atoms with Crippen LogP contribution in [0.25, 0.3) is 33.5 Å². The molecule has 154 valence electrons. The van der Waals surface area contributed by atoms with Gasteiger partial charge in [0.1, 0.15) is 0 Å². The molecule has 0 atom stereocenters. The van der Waals surface area contributed by atoms with Crippen molar-refractivity contribution < 1.29 is 5.48 Å². The lowest BCUT2D eigenvalue weighted by Gasteiger charge is -2.22. The minimum absolute atomic E-state index is 0.252. The van der Waals surface area contributed by atoms with E-state index < -0.39 is 12.7 Å². The molecule has 0 spiro atoms. The highest BCUT2D eigenvalue weighted by molar-refractivity contribution is 5.75. The van der Waals surface area contributed by atoms with Crippen molar-refractivity contribution in [3.63, 3.8) is 0 Å². The van der Waals surface area contributed by atoms with Crippen LogP contribution in [-0.2, 0) is 0 Å². The maximum absolute atomic E-state index is 8.86. The maximum Gasteiger partial charge on any atom is 0.0708 e. The monoisotopic (exact) mass is 407 g/mol. The maximum atomic E-state index is 8.86. The third-order valence-corrected chi connectivity index (χ3v) is 6.25. The van der Waals surface area contributed by atoms with Gasteiger partial charge in [0.05, 0.1) is 5.69 Å². The van der Waals surface area contributed by atoms with Crippen LogP contribution in [-0.4, -0.2) is 4.98 Å². The zero-order valence-corrected chi connectivity index (χ0v) is 17.6. The Morgan fingerprint density at radius 1 is 0.742 bits per heavy atom. The van der Waals surface area contributed by atoms with Gasteiger partial charge in [-0.15, -0.1) is 0 Å². The van der Waals surface area contributed by atoms with Crippen LogP contribution >= 0.6 is 0 Å². The summed E-state index contributed by atoms with van der Waals surface area (Å²) in [6, 6.07) is 28.1. The van der Waals surface area contributed by atoms with Gasteiger partial charge in [-0.2, -0.15) is 0 Å². The second-order valence-electron chi connectivity index (χ2n) is 8.30. The van der Waals surface area contributed by atoms with E-state index in [2.05, 4.69) is 29.2 Å². The van der Waals surface area contributed by atoms with Gasteiger partial charge in [-0.3, -0.25) is 4.98 Å². The van der Waals surface area contributed by atoms with Crippen LogP contribution in [0.2, 0.25) is 0 Å². The zero-order valence-electron chi connectivity index (χ0n) is 21.6. The van der Waals surface area contributed by atoms with E-state index >= 15 is 0 Å². The van der Waals surface area contributed by atoms with E-state index in [-0.39, 0.29) is 5.56 Å². The van der Waals surface area contributed by atoms with Crippen molar-refractivity contribution in [1.82, 2.24) is 4.98 Å². The quantitative estimate of drug-likeness (QED) is 0.331. The van der Waals surface area contributed by atoms with E-state index in [0.29, 0.717) is 5.56 Å². The summed E-state index contributed by atoms with van der Waals surface area (Å²) in [5.74, 6) is -0.454. The third-order valence-electron chi connectivity index (χ3n) is 6.25. The lowest BCUT2D eigenvalue weighted by molar-refractivity contribution is 0.443. The first kappa shape index (κ1) is 15.6. The molecule has 0 bridgehead atoms. The Morgan fingerprint density at radius 2 is 1.39 bits per heavy atom. The summed E-state index contributed by atoms with van der Waals surface area (Å²) in [5, 5.41) is 0. The van der Waals surface area contributed by atoms with E-state index in [4.69, 9.17) is 5.48 Å². The van der Waals surface area contributed by atoms with Gasteiger partial charge >= 0.3 is 0 Å². The zero-order chi connectivity index (χ0) is 24.5. The minimum Gasteiger partial charge on any atom is -0.256 e. The number of aryl methyl sites for hydroxylation is 1. The number of rotatable bonds is 4. The fraction of sp³-hybridized carbons (Fsp3) is 0.233. The molecular weight excluding hydrogens is 374 g/mol. The van der Waals surface area contributed by atoms with Gasteiger partial charge < -0.3 is 0 Å². The molecule has 0 N–H and O–H groups in total. The third kappa shape index (κ3) is 4.32. The molecule has 1 aromatic heterocycles. The molecule has 1 nitrogen and oxygen atoms in total. The largest absolute Gasteiger partial charge is 0.256 e. The second kappa shape index (κ2) is 8.89. The summed E-state index contributed by atoms with van der Waals surface area (Å²) < 4.78 is 32.9. The topological polar surface area (TPSA) is 12.9 Å². The molecule has 1 aliphatic carbocycles. The summed E-state index contributed by atoms with van der Waals surface area (Å²) in [6.45, 7) is -2.25. The van der Waals surface area contributed by atoms with Crippen molar-refractivity contribution in [3.8, 4) is 33.5 Å². The normalized spacial score (nSPS) is 17.8. The van der Waals surface area contributed by atoms with Gasteiger partial charge in [0.15, 0.2) is 0 Å². The van der Waals surface area contributed by atoms with Crippen LogP contribution in [0.15, 0.2) is 91.1 Å². The molecule has 31 heavy (non-hydrogen) atoms. The van der Waals surface area contributed by atoms with E-state index in [9.17, 15) is 0 Å². The fourth-order valence-electron chi connectivity index (χ4n) is 4.47. The molecular formula is C30H29N. The smallest absolute Gasteiger partial charge is 0.0708 e. The molecule has 1 heteroatoms. The Balaban J connectivity index is 1.46. The first-order valence-electron chi connectivity index (χ1n) is 13.1. The second-order valence-corrected chi connectivity index (χ2v) is 8.30. The summed E-state index contributed by atoms with van der Waals surface area (Å²) in [5.41, 5.74) is 6.74. The SMILES string of the molecule is [2H]C([2H])([2H])c1cnc(-c2ccccc2)cc1-c1ccc(-c2ccc(C3([2H])CCCCC3)cc2)cc1. The van der Waals surface area contributed by atoms with Gasteiger partial charge in [-0.1, -0.05) is 98.1 Å². The van der Waals surface area contributed by atoms with Crippen molar-refractivity contribution in [2.75, 3.05) is 0 Å². The van der Waals surface area contributed by atoms with Crippen LogP contribution in [0.3, 0.4) is 0 Å². The summed E-state index contributed by atoms with van der Waals surface area (Å²) in [4.78, 5) is 4.44. The molecule has 1 aliphatic rings. The average Bonchev–Trinajstić information content (AvgIpc) is 2.89. The van der Waals surface area contributed by atoms with Crippen molar-refractivity contribution >= 4 is 0 Å². The fourth-order valence-corrected chi connectivity index (χ4v) is 4.47. The van der Waals surface area contributed by atoms with Crippen molar-refractivity contribution in [2.24, 2.45) is 0 Å². The number of aromatic nitrogens is 1. The molecule has 0 amide bonds. The highest BCUT2D eigenvalue weighted by Gasteiger charge is 2.15. The van der Waals surface area contributed by atoms with E-state index in [0.717, 1.165) is 59.2 Å². The highest BCUT2D eigenvalue weighted by Crippen LogP contribution is 2.34. The average molecular weight is 408 g/mol. The van der Waals surface area contributed by atoms with Crippen LogP contribution in [0.4, 0.5) is 0 Å². The number of benzene rings is 3. The van der Waals surface area contributed by atoms with Crippen molar-refractivity contribution in [2.45, 2.75) is 44.8 Å². The van der Waals surface area contributed by atoms with Gasteiger partial charge in [-0.25, -0.2) is 0 Å². The van der Waals surface area contributed by atoms with Crippen molar-refractivity contribution in [1.29, 1.82) is 0 Å². The Kier molecular flexibility index (Phi) is 4.47. The van der Waals surface area contributed by atoms with Gasteiger partial charge in [0, 0.05) is 17.2 Å². The number of pyridine rings is 1. The van der Waals surface area contributed by atoms with E-state index in [1.807, 2.05) is 60.7 Å². The van der Waals surface area contributed by atoms with Crippen LogP contribution < -0.4 is 0 Å². The molecule has 1 fully saturated rings. The Hall–Kier alpha value is -3.19. The molecule has 5 rings (SSSR count). The molecule has 1 saturated carbocycles. The summed E-state index contributed by atoms with van der Waals surface area (Å²) in [7, 11) is 0. The van der Waals surface area contributed by atoms with E-state index in [1.54, 1.807) is 0 Å². The summed E-state index contributed by atoms with van der Waals surface area (Å²) in [6.07, 6.45) is 6.85. The number of nitrogens with zero attached hydrogens (tertiary/aromatic N) is 1. The Bertz CT molecular complexity index is 1290.